The van der Waals surface area contributed by atoms with Crippen LogP contribution in [0, 0.1) is 5.82 Å². The van der Waals surface area contributed by atoms with Gasteiger partial charge in [0.1, 0.15) is 11.5 Å². The number of nitrogens with one attached hydrogen (secondary N) is 1. The number of anilines is 1. The van der Waals surface area contributed by atoms with Crippen LogP contribution in [0.25, 0.3) is 0 Å². The Morgan fingerprint density at radius 3 is 3.00 bits per heavy atom. The molecule has 0 aliphatic carbocycles. The number of hydrogen-bond acceptors (Lipinski definition) is 1. The first-order valence-electron chi connectivity index (χ1n) is 4.28. The molecule has 1 aliphatic rings. The first-order valence-corrected chi connectivity index (χ1v) is 4.28. The standard InChI is InChI=1S/C10H11F2N/c1-10(12)5-7-2-3-8(11)4-9(7)13-6-10/h2-4,13H,5-6H2,1H3. The number of halogens is 2. The number of fused-ring (bicyclic) bond motifs is 1. The zero-order chi connectivity index (χ0) is 9.47. The predicted octanol–water partition coefficient (Wildman–Crippen LogP) is 2.52. The summed E-state index contributed by atoms with van der Waals surface area (Å²) in [5, 5.41) is 2.88. The molecule has 1 aromatic rings. The molecule has 0 amide bonds. The highest BCUT2D eigenvalue weighted by molar-refractivity contribution is 5.54. The summed E-state index contributed by atoms with van der Waals surface area (Å²) in [5.41, 5.74) is 0.345. The zero-order valence-corrected chi connectivity index (χ0v) is 7.40. The van der Waals surface area contributed by atoms with Gasteiger partial charge in [-0.3, -0.25) is 0 Å². The van der Waals surface area contributed by atoms with Gasteiger partial charge in [-0.25, -0.2) is 8.78 Å². The van der Waals surface area contributed by atoms with Gasteiger partial charge < -0.3 is 5.32 Å². The second-order valence-electron chi connectivity index (χ2n) is 3.75. The summed E-state index contributed by atoms with van der Waals surface area (Å²) < 4.78 is 26.2. The van der Waals surface area contributed by atoms with Crippen LogP contribution >= 0.6 is 0 Å². The van der Waals surface area contributed by atoms with Crippen molar-refractivity contribution in [2.75, 3.05) is 11.9 Å². The lowest BCUT2D eigenvalue weighted by Gasteiger charge is -2.28. The van der Waals surface area contributed by atoms with Gasteiger partial charge in [-0.1, -0.05) is 6.07 Å². The van der Waals surface area contributed by atoms with Crippen molar-refractivity contribution in [1.29, 1.82) is 0 Å². The van der Waals surface area contributed by atoms with Crippen molar-refractivity contribution >= 4 is 5.69 Å². The quantitative estimate of drug-likeness (QED) is 0.651. The molecule has 0 fully saturated rings. The third kappa shape index (κ3) is 1.64. The number of alkyl halides is 1. The van der Waals surface area contributed by atoms with Crippen molar-refractivity contribution in [2.45, 2.75) is 19.0 Å². The number of hydrogen-bond donors (Lipinski definition) is 1. The van der Waals surface area contributed by atoms with E-state index in [4.69, 9.17) is 0 Å². The van der Waals surface area contributed by atoms with Gasteiger partial charge in [-0.2, -0.15) is 0 Å². The van der Waals surface area contributed by atoms with E-state index >= 15 is 0 Å². The molecule has 1 heterocycles. The molecule has 3 heteroatoms. The molecule has 0 saturated heterocycles. The smallest absolute Gasteiger partial charge is 0.129 e. The van der Waals surface area contributed by atoms with E-state index in [0.29, 0.717) is 6.42 Å². The van der Waals surface area contributed by atoms with Crippen molar-refractivity contribution in [2.24, 2.45) is 0 Å². The first kappa shape index (κ1) is 8.48. The van der Waals surface area contributed by atoms with E-state index in [0.717, 1.165) is 11.3 Å². The van der Waals surface area contributed by atoms with Gasteiger partial charge in [0.2, 0.25) is 0 Å². The summed E-state index contributed by atoms with van der Waals surface area (Å²) in [6.07, 6.45) is 0.357. The Bertz CT molecular complexity index is 334. The van der Waals surface area contributed by atoms with Crippen molar-refractivity contribution in [3.8, 4) is 0 Å². The van der Waals surface area contributed by atoms with E-state index in [2.05, 4.69) is 5.32 Å². The predicted molar refractivity (Wildman–Crippen MR) is 48.1 cm³/mol. The third-order valence-corrected chi connectivity index (χ3v) is 2.28. The molecule has 1 N–H and O–H groups in total. The molecule has 1 nitrogen and oxygen atoms in total. The van der Waals surface area contributed by atoms with Crippen molar-refractivity contribution in [3.63, 3.8) is 0 Å². The van der Waals surface area contributed by atoms with Crippen LogP contribution in [0.1, 0.15) is 12.5 Å². The molecule has 1 atom stereocenters. The minimum Gasteiger partial charge on any atom is -0.382 e. The largest absolute Gasteiger partial charge is 0.382 e. The fourth-order valence-electron chi connectivity index (χ4n) is 1.61. The molecule has 0 bridgehead atoms. The van der Waals surface area contributed by atoms with Gasteiger partial charge in [0.25, 0.3) is 0 Å². The summed E-state index contributed by atoms with van der Waals surface area (Å²) in [4.78, 5) is 0. The molecule has 1 aromatic carbocycles. The normalized spacial score (nSPS) is 26.4. The molecule has 1 unspecified atom stereocenters. The fraction of sp³-hybridized carbons (Fsp3) is 0.400. The van der Waals surface area contributed by atoms with Crippen LogP contribution in [0.3, 0.4) is 0 Å². The van der Waals surface area contributed by atoms with Crippen molar-refractivity contribution in [3.05, 3.63) is 29.6 Å². The third-order valence-electron chi connectivity index (χ3n) is 2.28. The second-order valence-corrected chi connectivity index (χ2v) is 3.75. The van der Waals surface area contributed by atoms with Crippen LogP contribution in [-0.4, -0.2) is 12.2 Å². The molecule has 1 aliphatic heterocycles. The molecule has 0 radical (unpaired) electrons. The summed E-state index contributed by atoms with van der Waals surface area (Å²) in [6, 6.07) is 4.40. The lowest BCUT2D eigenvalue weighted by atomic mass is 9.93. The average Bonchev–Trinajstić information content (AvgIpc) is 2.05. The van der Waals surface area contributed by atoms with Crippen LogP contribution in [0.15, 0.2) is 18.2 Å². The van der Waals surface area contributed by atoms with Gasteiger partial charge in [-0.15, -0.1) is 0 Å². The van der Waals surface area contributed by atoms with E-state index in [1.165, 1.54) is 12.1 Å². The maximum absolute atomic E-state index is 13.5. The maximum Gasteiger partial charge on any atom is 0.129 e. The van der Waals surface area contributed by atoms with E-state index in [1.54, 1.807) is 13.0 Å². The Kier molecular flexibility index (Phi) is 1.75. The maximum atomic E-state index is 13.5. The van der Waals surface area contributed by atoms with Crippen LogP contribution in [0.2, 0.25) is 0 Å². The van der Waals surface area contributed by atoms with Crippen molar-refractivity contribution in [1.82, 2.24) is 0 Å². The van der Waals surface area contributed by atoms with Gasteiger partial charge in [0, 0.05) is 18.7 Å². The minimum absolute atomic E-state index is 0.253. The van der Waals surface area contributed by atoms with Gasteiger partial charge >= 0.3 is 0 Å². The van der Waals surface area contributed by atoms with Crippen molar-refractivity contribution < 1.29 is 8.78 Å². The highest BCUT2D eigenvalue weighted by Crippen LogP contribution is 2.29. The monoisotopic (exact) mass is 183 g/mol. The SMILES string of the molecule is CC1(F)CNc2cc(F)ccc2C1. The van der Waals surface area contributed by atoms with Crippen LogP contribution in [-0.2, 0) is 6.42 Å². The Balaban J connectivity index is 2.37. The highest BCUT2D eigenvalue weighted by Gasteiger charge is 2.29. The van der Waals surface area contributed by atoms with Gasteiger partial charge in [0.05, 0.1) is 0 Å². The molecular weight excluding hydrogens is 172 g/mol. The summed E-state index contributed by atoms with van der Waals surface area (Å²) >= 11 is 0. The number of rotatable bonds is 0. The molecule has 0 spiro atoms. The Morgan fingerprint density at radius 2 is 2.23 bits per heavy atom. The lowest BCUT2D eigenvalue weighted by Crippen LogP contribution is -2.35. The van der Waals surface area contributed by atoms with Gasteiger partial charge in [-0.05, 0) is 24.6 Å². The lowest BCUT2D eigenvalue weighted by molar-refractivity contribution is 0.202. The first-order chi connectivity index (χ1) is 6.07. The summed E-state index contributed by atoms with van der Waals surface area (Å²) in [5.74, 6) is -0.284. The van der Waals surface area contributed by atoms with Crippen LogP contribution < -0.4 is 5.32 Å². The Labute approximate surface area is 75.8 Å². The minimum atomic E-state index is -1.22. The van der Waals surface area contributed by atoms with E-state index in [9.17, 15) is 8.78 Å². The molecular formula is C10H11F2N. The van der Waals surface area contributed by atoms with Crippen LogP contribution in [0.4, 0.5) is 14.5 Å². The second kappa shape index (κ2) is 2.69. The summed E-state index contributed by atoms with van der Waals surface area (Å²) in [7, 11) is 0. The highest BCUT2D eigenvalue weighted by atomic mass is 19.1. The molecule has 13 heavy (non-hydrogen) atoms. The van der Waals surface area contributed by atoms with E-state index in [1.807, 2.05) is 0 Å². The van der Waals surface area contributed by atoms with E-state index in [-0.39, 0.29) is 12.4 Å². The molecule has 0 aromatic heterocycles. The fourth-order valence-corrected chi connectivity index (χ4v) is 1.61. The Morgan fingerprint density at radius 1 is 1.46 bits per heavy atom. The molecule has 2 rings (SSSR count). The van der Waals surface area contributed by atoms with Crippen LogP contribution in [0.5, 0.6) is 0 Å². The molecule has 0 saturated carbocycles. The van der Waals surface area contributed by atoms with E-state index < -0.39 is 5.67 Å². The van der Waals surface area contributed by atoms with Gasteiger partial charge in [0.15, 0.2) is 0 Å². The molecule has 70 valence electrons. The zero-order valence-electron chi connectivity index (χ0n) is 7.40. The summed E-state index contributed by atoms with van der Waals surface area (Å²) in [6.45, 7) is 1.80. The average molecular weight is 183 g/mol. The number of benzene rings is 1. The Hall–Kier alpha value is -1.12. The topological polar surface area (TPSA) is 12.0 Å².